The van der Waals surface area contributed by atoms with E-state index in [1.54, 1.807) is 18.3 Å². The van der Waals surface area contributed by atoms with Crippen molar-refractivity contribution >= 4 is 32.3 Å². The summed E-state index contributed by atoms with van der Waals surface area (Å²) in [7, 11) is -4.02. The number of aromatic nitrogens is 2. The molecular formula is C17H12N5O4S. The Morgan fingerprint density at radius 3 is 2.56 bits per heavy atom. The molecule has 0 aliphatic carbocycles. The summed E-state index contributed by atoms with van der Waals surface area (Å²) in [5, 5.41) is 25.9. The quantitative estimate of drug-likeness (QED) is 0.514. The maximum atomic E-state index is 11.2. The molecule has 0 fully saturated rings. The molecule has 3 N–H and O–H groups in total. The number of nitrogens with zero attached hydrogens (tertiary/aromatic N) is 3. The molecule has 0 unspecified atom stereocenters. The Balaban J connectivity index is 1.71. The first kappa shape index (κ1) is 16.9. The van der Waals surface area contributed by atoms with E-state index in [0.29, 0.717) is 22.4 Å². The van der Waals surface area contributed by atoms with Gasteiger partial charge in [0, 0.05) is 10.9 Å². The summed E-state index contributed by atoms with van der Waals surface area (Å²) in [5.41, 5.74) is 2.05. The van der Waals surface area contributed by atoms with Gasteiger partial charge in [0.25, 0.3) is 10.0 Å². The number of rotatable bonds is 4. The van der Waals surface area contributed by atoms with Crippen molar-refractivity contribution in [3.05, 3.63) is 55.1 Å². The average Bonchev–Trinajstić information content (AvgIpc) is 3.26. The highest BCUT2D eigenvalue weighted by Gasteiger charge is 2.13. The third kappa shape index (κ3) is 3.30. The summed E-state index contributed by atoms with van der Waals surface area (Å²) in [6.45, 7) is 0. The lowest BCUT2D eigenvalue weighted by atomic mass is 10.1. The van der Waals surface area contributed by atoms with Gasteiger partial charge in [-0.05, 0) is 42.5 Å². The fraction of sp³-hybridized carbons (Fsp3) is 0. The van der Waals surface area contributed by atoms with E-state index in [9.17, 15) is 13.5 Å². The number of aromatic hydroxyl groups is 1. The Hall–Kier alpha value is -3.50. The first-order valence-corrected chi connectivity index (χ1v) is 9.15. The Labute approximate surface area is 153 Å². The highest BCUT2D eigenvalue weighted by Crippen LogP contribution is 2.38. The lowest BCUT2D eigenvalue weighted by molar-refractivity contribution is 0.459. The van der Waals surface area contributed by atoms with Crippen molar-refractivity contribution in [3.63, 3.8) is 0 Å². The van der Waals surface area contributed by atoms with Gasteiger partial charge < -0.3 is 14.5 Å². The normalized spacial score (nSPS) is 12.2. The van der Waals surface area contributed by atoms with Gasteiger partial charge in [-0.1, -0.05) is 0 Å². The van der Waals surface area contributed by atoms with Gasteiger partial charge in [-0.15, -0.1) is 10.3 Å². The topological polar surface area (TPSA) is 145 Å². The van der Waals surface area contributed by atoms with E-state index in [1.165, 1.54) is 30.7 Å². The molecule has 2 heterocycles. The Morgan fingerprint density at radius 2 is 1.89 bits per heavy atom. The van der Waals surface area contributed by atoms with Gasteiger partial charge in [0.15, 0.2) is 17.8 Å². The van der Waals surface area contributed by atoms with Crippen molar-refractivity contribution in [2.24, 2.45) is 10.2 Å². The second-order valence-electron chi connectivity index (χ2n) is 5.65. The minimum atomic E-state index is -4.02. The minimum Gasteiger partial charge on any atom is -0.493 e. The third-order valence-electron chi connectivity index (χ3n) is 3.88. The number of H-pyrrole nitrogens is 1. The number of fused-ring (bicyclic) bond motifs is 1. The molecule has 0 bridgehead atoms. The van der Waals surface area contributed by atoms with Crippen molar-refractivity contribution in [2.45, 2.75) is 4.90 Å². The van der Waals surface area contributed by atoms with Gasteiger partial charge in [-0.25, -0.2) is 13.4 Å². The van der Waals surface area contributed by atoms with Crippen LogP contribution in [0.15, 0.2) is 74.6 Å². The number of hydrogen-bond acceptors (Lipinski definition) is 7. The largest absolute Gasteiger partial charge is 0.493 e. The van der Waals surface area contributed by atoms with E-state index in [2.05, 4.69) is 20.2 Å². The van der Waals surface area contributed by atoms with Crippen molar-refractivity contribution in [2.75, 3.05) is 0 Å². The molecule has 2 aromatic carbocycles. The summed E-state index contributed by atoms with van der Waals surface area (Å²) in [6.07, 6.45) is 2.91. The SMILES string of the molecule is [NH]S(=O)(=O)c1ccc(N=Nc2c(O)[nH]c3ccc(-c4cnco4)cc23)cc1. The molecular weight excluding hydrogens is 370 g/mol. The molecule has 0 amide bonds. The molecule has 0 saturated carbocycles. The van der Waals surface area contributed by atoms with Crippen LogP contribution in [0.3, 0.4) is 0 Å². The summed E-state index contributed by atoms with van der Waals surface area (Å²) in [5.74, 6) is 0.432. The van der Waals surface area contributed by atoms with Crippen molar-refractivity contribution in [1.82, 2.24) is 15.1 Å². The maximum absolute atomic E-state index is 11.2. The summed E-state index contributed by atoms with van der Waals surface area (Å²) < 4.78 is 27.6. The average molecular weight is 382 g/mol. The predicted octanol–water partition coefficient (Wildman–Crippen LogP) is 3.92. The molecule has 4 aromatic rings. The molecule has 1 radical (unpaired) electrons. The molecule has 0 aliphatic heterocycles. The van der Waals surface area contributed by atoms with Crippen LogP contribution in [0, 0.1) is 0 Å². The van der Waals surface area contributed by atoms with Gasteiger partial charge in [0.2, 0.25) is 5.88 Å². The van der Waals surface area contributed by atoms with E-state index < -0.39 is 10.0 Å². The summed E-state index contributed by atoms with van der Waals surface area (Å²) in [6, 6.07) is 10.8. The van der Waals surface area contributed by atoms with Gasteiger partial charge in [0.1, 0.15) is 0 Å². The molecule has 4 rings (SSSR count). The van der Waals surface area contributed by atoms with Gasteiger partial charge in [-0.2, -0.15) is 5.11 Å². The van der Waals surface area contributed by atoms with Crippen LogP contribution in [0.4, 0.5) is 11.4 Å². The van der Waals surface area contributed by atoms with E-state index in [1.807, 2.05) is 6.07 Å². The molecule has 10 heteroatoms. The zero-order valence-electron chi connectivity index (χ0n) is 13.6. The van der Waals surface area contributed by atoms with Crippen molar-refractivity contribution in [3.8, 4) is 17.2 Å². The molecule has 0 atom stereocenters. The molecule has 0 saturated heterocycles. The monoisotopic (exact) mass is 382 g/mol. The van der Waals surface area contributed by atoms with Crippen LogP contribution in [0.1, 0.15) is 0 Å². The molecule has 9 nitrogen and oxygen atoms in total. The Kier molecular flexibility index (Phi) is 3.98. The van der Waals surface area contributed by atoms with Crippen LogP contribution >= 0.6 is 0 Å². The Morgan fingerprint density at radius 1 is 1.11 bits per heavy atom. The standard InChI is InChI=1S/C17H12N5O4S/c18-27(24,25)12-4-2-11(3-5-12)21-22-16-13-7-10(15-8-19-9-26-15)1-6-14(13)20-17(16)23/h1-9,18,20,23H. The van der Waals surface area contributed by atoms with Crippen LogP contribution in [0.25, 0.3) is 22.2 Å². The number of hydrogen-bond donors (Lipinski definition) is 2. The fourth-order valence-electron chi connectivity index (χ4n) is 2.58. The van der Waals surface area contributed by atoms with Crippen LogP contribution in [0.2, 0.25) is 0 Å². The third-order valence-corrected chi connectivity index (χ3v) is 4.77. The number of sulfonamides is 1. The number of aromatic amines is 1. The first-order valence-electron chi connectivity index (χ1n) is 7.67. The molecule has 27 heavy (non-hydrogen) atoms. The molecule has 0 spiro atoms. The lowest BCUT2D eigenvalue weighted by Crippen LogP contribution is -1.99. The molecule has 135 valence electrons. The second kappa shape index (κ2) is 6.34. The fourth-order valence-corrected chi connectivity index (χ4v) is 3.07. The van der Waals surface area contributed by atoms with E-state index in [-0.39, 0.29) is 16.5 Å². The molecule has 0 aliphatic rings. The zero-order chi connectivity index (χ0) is 19.0. The first-order chi connectivity index (χ1) is 12.9. The van der Waals surface area contributed by atoms with Crippen molar-refractivity contribution in [1.29, 1.82) is 0 Å². The minimum absolute atomic E-state index is 0.131. The number of oxazole rings is 1. The van der Waals surface area contributed by atoms with Crippen LogP contribution in [0.5, 0.6) is 5.88 Å². The number of nitrogens with one attached hydrogen (secondary N) is 2. The maximum Gasteiger partial charge on any atom is 0.254 e. The van der Waals surface area contributed by atoms with Crippen LogP contribution < -0.4 is 5.14 Å². The smallest absolute Gasteiger partial charge is 0.254 e. The highest BCUT2D eigenvalue weighted by molar-refractivity contribution is 7.88. The van der Waals surface area contributed by atoms with Gasteiger partial charge in [0.05, 0.1) is 22.3 Å². The van der Waals surface area contributed by atoms with Gasteiger partial charge >= 0.3 is 0 Å². The van der Waals surface area contributed by atoms with Crippen LogP contribution in [-0.2, 0) is 10.0 Å². The number of azo groups is 1. The predicted molar refractivity (Wildman–Crippen MR) is 96.4 cm³/mol. The lowest BCUT2D eigenvalue weighted by Gasteiger charge is -1.98. The summed E-state index contributed by atoms with van der Waals surface area (Å²) >= 11 is 0. The van der Waals surface area contributed by atoms with E-state index >= 15 is 0 Å². The molecule has 2 aromatic heterocycles. The highest BCUT2D eigenvalue weighted by atomic mass is 32.2. The van der Waals surface area contributed by atoms with E-state index in [4.69, 9.17) is 9.56 Å². The van der Waals surface area contributed by atoms with E-state index in [0.717, 1.165) is 5.56 Å². The number of benzene rings is 2. The van der Waals surface area contributed by atoms with Gasteiger partial charge in [-0.3, -0.25) is 0 Å². The van der Waals surface area contributed by atoms with Crippen LogP contribution in [-0.4, -0.2) is 23.5 Å². The zero-order valence-corrected chi connectivity index (χ0v) is 14.4. The van der Waals surface area contributed by atoms with Crippen molar-refractivity contribution < 1.29 is 17.9 Å². The Bertz CT molecular complexity index is 1240. The second-order valence-corrected chi connectivity index (χ2v) is 7.12. The summed E-state index contributed by atoms with van der Waals surface area (Å²) in [4.78, 5) is 6.57.